The predicted octanol–water partition coefficient (Wildman–Crippen LogP) is 3.04. The summed E-state index contributed by atoms with van der Waals surface area (Å²) in [6.07, 6.45) is 0. The van der Waals surface area contributed by atoms with E-state index in [1.807, 2.05) is 32.8 Å². The lowest BCUT2D eigenvalue weighted by Crippen LogP contribution is -2.36. The topological polar surface area (TPSA) is 58.4 Å². The molecular formula is C14H22FN3O2. The summed E-state index contributed by atoms with van der Waals surface area (Å²) in [5.41, 5.74) is 0.539. The SMILES string of the molecule is Cc1cc(NC(CN(C)C)C(C)C)c([N+](=O)[O-])cc1F. The summed E-state index contributed by atoms with van der Waals surface area (Å²) in [5.74, 6) is -0.265. The Morgan fingerprint density at radius 2 is 2.00 bits per heavy atom. The summed E-state index contributed by atoms with van der Waals surface area (Å²) in [7, 11) is 3.89. The molecule has 0 bridgehead atoms. The zero-order chi connectivity index (χ0) is 15.4. The second-order valence-corrected chi connectivity index (χ2v) is 5.63. The summed E-state index contributed by atoms with van der Waals surface area (Å²) in [4.78, 5) is 12.5. The number of nitro groups is 1. The Morgan fingerprint density at radius 1 is 1.40 bits per heavy atom. The van der Waals surface area contributed by atoms with Gasteiger partial charge in [0.05, 0.1) is 11.0 Å². The van der Waals surface area contributed by atoms with E-state index < -0.39 is 10.7 Å². The van der Waals surface area contributed by atoms with Gasteiger partial charge in [-0.15, -0.1) is 0 Å². The number of nitro benzene ring substituents is 1. The molecule has 0 radical (unpaired) electrons. The second-order valence-electron chi connectivity index (χ2n) is 5.63. The van der Waals surface area contributed by atoms with Gasteiger partial charge in [-0.1, -0.05) is 13.8 Å². The highest BCUT2D eigenvalue weighted by molar-refractivity contribution is 5.63. The van der Waals surface area contributed by atoms with Crippen LogP contribution in [0, 0.1) is 28.8 Å². The number of halogens is 1. The fourth-order valence-electron chi connectivity index (χ4n) is 1.95. The van der Waals surface area contributed by atoms with Crippen molar-refractivity contribution in [1.29, 1.82) is 0 Å². The van der Waals surface area contributed by atoms with Crippen LogP contribution >= 0.6 is 0 Å². The Labute approximate surface area is 118 Å². The van der Waals surface area contributed by atoms with Crippen molar-refractivity contribution in [2.75, 3.05) is 26.0 Å². The van der Waals surface area contributed by atoms with Crippen LogP contribution in [0.25, 0.3) is 0 Å². The third-order valence-electron chi connectivity index (χ3n) is 3.18. The number of anilines is 1. The van der Waals surface area contributed by atoms with Crippen molar-refractivity contribution < 1.29 is 9.31 Å². The largest absolute Gasteiger partial charge is 0.375 e. The van der Waals surface area contributed by atoms with Crippen molar-refractivity contribution in [3.8, 4) is 0 Å². The van der Waals surface area contributed by atoms with Crippen LogP contribution in [-0.4, -0.2) is 36.5 Å². The molecule has 5 nitrogen and oxygen atoms in total. The molecule has 20 heavy (non-hydrogen) atoms. The molecule has 0 aliphatic heterocycles. The average molecular weight is 283 g/mol. The van der Waals surface area contributed by atoms with Gasteiger partial charge in [0.25, 0.3) is 5.69 Å². The molecule has 0 amide bonds. The van der Waals surface area contributed by atoms with Crippen LogP contribution in [0.1, 0.15) is 19.4 Å². The van der Waals surface area contributed by atoms with Gasteiger partial charge in [0.1, 0.15) is 11.5 Å². The van der Waals surface area contributed by atoms with E-state index in [-0.39, 0.29) is 11.7 Å². The normalized spacial score (nSPS) is 12.8. The maximum absolute atomic E-state index is 13.5. The van der Waals surface area contributed by atoms with Gasteiger partial charge >= 0.3 is 0 Å². The van der Waals surface area contributed by atoms with E-state index in [9.17, 15) is 14.5 Å². The highest BCUT2D eigenvalue weighted by Crippen LogP contribution is 2.29. The molecule has 1 aromatic rings. The Bertz CT molecular complexity index is 490. The molecule has 1 N–H and O–H groups in total. The highest BCUT2D eigenvalue weighted by atomic mass is 19.1. The summed E-state index contributed by atoms with van der Waals surface area (Å²) < 4.78 is 13.5. The van der Waals surface area contributed by atoms with Gasteiger partial charge < -0.3 is 10.2 Å². The minimum Gasteiger partial charge on any atom is -0.375 e. The predicted molar refractivity (Wildman–Crippen MR) is 78.6 cm³/mol. The fraction of sp³-hybridized carbons (Fsp3) is 0.571. The molecule has 0 aliphatic rings. The van der Waals surface area contributed by atoms with Crippen molar-refractivity contribution >= 4 is 11.4 Å². The van der Waals surface area contributed by atoms with Gasteiger partial charge in [-0.25, -0.2) is 4.39 Å². The number of hydrogen-bond acceptors (Lipinski definition) is 4. The van der Waals surface area contributed by atoms with Gasteiger partial charge in [-0.05, 0) is 38.6 Å². The minimum absolute atomic E-state index is 0.0496. The monoisotopic (exact) mass is 283 g/mol. The fourth-order valence-corrected chi connectivity index (χ4v) is 1.95. The number of nitrogens with zero attached hydrogens (tertiary/aromatic N) is 2. The molecule has 0 heterocycles. The van der Waals surface area contributed by atoms with Crippen molar-refractivity contribution in [2.24, 2.45) is 5.92 Å². The number of likely N-dealkylation sites (N-methyl/N-ethyl adjacent to an activating group) is 1. The Hall–Kier alpha value is -1.69. The van der Waals surface area contributed by atoms with E-state index in [2.05, 4.69) is 5.32 Å². The first-order chi connectivity index (χ1) is 9.22. The van der Waals surface area contributed by atoms with Gasteiger partial charge in [-0.2, -0.15) is 0 Å². The van der Waals surface area contributed by atoms with Crippen molar-refractivity contribution in [3.05, 3.63) is 33.6 Å². The summed E-state index contributed by atoms with van der Waals surface area (Å²) in [6.45, 7) is 6.43. The number of aryl methyl sites for hydroxylation is 1. The molecule has 6 heteroatoms. The number of benzene rings is 1. The van der Waals surface area contributed by atoms with Gasteiger partial charge in [0.15, 0.2) is 0 Å². The van der Waals surface area contributed by atoms with E-state index in [1.165, 1.54) is 6.07 Å². The first-order valence-corrected chi connectivity index (χ1v) is 6.58. The average Bonchev–Trinajstić information content (AvgIpc) is 2.31. The Kier molecular flexibility index (Phi) is 5.44. The lowest BCUT2D eigenvalue weighted by molar-refractivity contribution is -0.384. The zero-order valence-electron chi connectivity index (χ0n) is 12.6. The molecule has 112 valence electrons. The molecule has 0 fully saturated rings. The zero-order valence-corrected chi connectivity index (χ0v) is 12.6. The van der Waals surface area contributed by atoms with E-state index in [4.69, 9.17) is 0 Å². The molecule has 1 atom stereocenters. The van der Waals surface area contributed by atoms with Crippen LogP contribution < -0.4 is 5.32 Å². The summed E-state index contributed by atoms with van der Waals surface area (Å²) in [5, 5.41) is 14.2. The van der Waals surface area contributed by atoms with Gasteiger partial charge in [-0.3, -0.25) is 10.1 Å². The minimum atomic E-state index is -0.559. The molecule has 0 spiro atoms. The maximum atomic E-state index is 13.5. The van der Waals surface area contributed by atoms with Crippen LogP contribution in [0.2, 0.25) is 0 Å². The Balaban J connectivity index is 3.11. The molecule has 0 aromatic heterocycles. The van der Waals surface area contributed by atoms with E-state index in [0.29, 0.717) is 17.2 Å². The van der Waals surface area contributed by atoms with Crippen LogP contribution in [0.3, 0.4) is 0 Å². The van der Waals surface area contributed by atoms with Crippen LogP contribution in [0.5, 0.6) is 0 Å². The van der Waals surface area contributed by atoms with Crippen molar-refractivity contribution in [3.63, 3.8) is 0 Å². The van der Waals surface area contributed by atoms with E-state index in [1.54, 1.807) is 6.92 Å². The lowest BCUT2D eigenvalue weighted by Gasteiger charge is -2.26. The third-order valence-corrected chi connectivity index (χ3v) is 3.18. The van der Waals surface area contributed by atoms with Crippen LogP contribution in [0.4, 0.5) is 15.8 Å². The van der Waals surface area contributed by atoms with E-state index in [0.717, 1.165) is 12.6 Å². The quantitative estimate of drug-likeness (QED) is 0.644. The highest BCUT2D eigenvalue weighted by Gasteiger charge is 2.21. The Morgan fingerprint density at radius 3 is 2.45 bits per heavy atom. The standard InChI is InChI=1S/C14H22FN3O2/c1-9(2)13(8-17(4)5)16-12-6-10(3)11(15)7-14(12)18(19)20/h6-7,9,13,16H,8H2,1-5H3. The summed E-state index contributed by atoms with van der Waals surface area (Å²) >= 11 is 0. The third kappa shape index (κ3) is 4.16. The van der Waals surface area contributed by atoms with Crippen LogP contribution in [0.15, 0.2) is 12.1 Å². The van der Waals surface area contributed by atoms with Crippen molar-refractivity contribution in [2.45, 2.75) is 26.8 Å². The molecule has 0 aliphatic carbocycles. The summed E-state index contributed by atoms with van der Waals surface area (Å²) in [6, 6.07) is 2.53. The van der Waals surface area contributed by atoms with Crippen LogP contribution in [-0.2, 0) is 0 Å². The second kappa shape index (κ2) is 6.65. The first kappa shape index (κ1) is 16.4. The number of nitrogens with one attached hydrogen (secondary N) is 1. The van der Waals surface area contributed by atoms with Gasteiger partial charge in [0.2, 0.25) is 0 Å². The molecule has 1 aromatic carbocycles. The van der Waals surface area contributed by atoms with Gasteiger partial charge in [0, 0.05) is 12.6 Å². The molecule has 1 unspecified atom stereocenters. The number of rotatable bonds is 6. The first-order valence-electron chi connectivity index (χ1n) is 6.58. The molecular weight excluding hydrogens is 261 g/mol. The number of hydrogen-bond donors (Lipinski definition) is 1. The lowest BCUT2D eigenvalue weighted by atomic mass is 10.0. The molecule has 0 saturated heterocycles. The van der Waals surface area contributed by atoms with E-state index >= 15 is 0 Å². The molecule has 0 saturated carbocycles. The molecule has 1 rings (SSSR count). The van der Waals surface area contributed by atoms with Crippen molar-refractivity contribution in [1.82, 2.24) is 4.90 Å². The smallest absolute Gasteiger partial charge is 0.295 e. The maximum Gasteiger partial charge on any atom is 0.295 e.